The summed E-state index contributed by atoms with van der Waals surface area (Å²) >= 11 is 0. The minimum atomic E-state index is -0.546. The fourth-order valence-electron chi connectivity index (χ4n) is 6.19. The van der Waals surface area contributed by atoms with Crippen molar-refractivity contribution in [1.29, 1.82) is 0 Å². The number of hydrogen-bond acceptors (Lipinski definition) is 4. The molecule has 4 atom stereocenters. The topological polar surface area (TPSA) is 48.0 Å². The van der Waals surface area contributed by atoms with Crippen molar-refractivity contribution >= 4 is 6.09 Å². The lowest BCUT2D eigenvalue weighted by Crippen LogP contribution is -2.49. The number of allylic oxidation sites excluding steroid dienone is 4. The summed E-state index contributed by atoms with van der Waals surface area (Å²) in [5.41, 5.74) is 4.71. The van der Waals surface area contributed by atoms with E-state index in [-0.39, 0.29) is 30.8 Å². The maximum Gasteiger partial charge on any atom is 0.411 e. The summed E-state index contributed by atoms with van der Waals surface area (Å²) in [4.78, 5) is 15.8. The van der Waals surface area contributed by atoms with Crippen LogP contribution in [0.15, 0.2) is 59.7 Å². The van der Waals surface area contributed by atoms with Crippen LogP contribution in [0.4, 0.5) is 4.79 Å². The Morgan fingerprint density at radius 1 is 1.10 bits per heavy atom. The molecule has 1 amide bonds. The Morgan fingerprint density at radius 3 is 2.46 bits per heavy atom. The van der Waals surface area contributed by atoms with E-state index in [9.17, 15) is 4.79 Å². The number of hydrogen-bond donors (Lipinski definition) is 0. The van der Waals surface area contributed by atoms with E-state index in [1.54, 1.807) is 0 Å². The molecule has 5 heteroatoms. The largest absolute Gasteiger partial charge is 0.444 e. The van der Waals surface area contributed by atoms with E-state index in [1.807, 2.05) is 32.6 Å². The van der Waals surface area contributed by atoms with Gasteiger partial charge in [-0.15, -0.1) is 0 Å². The van der Waals surface area contributed by atoms with E-state index >= 15 is 0 Å². The zero-order valence-corrected chi connectivity index (χ0v) is 25.1. The van der Waals surface area contributed by atoms with Crippen LogP contribution in [-0.2, 0) is 20.6 Å². The third-order valence-corrected chi connectivity index (χ3v) is 8.34. The number of carbonyl (C=O) groups excluding carboxylic acids is 1. The summed E-state index contributed by atoms with van der Waals surface area (Å²) in [5.74, 6) is 0.864. The average Bonchev–Trinajstić information content (AvgIpc) is 2.88. The number of aryl methyl sites for hydroxylation is 1. The molecule has 0 radical (unpaired) electrons. The number of amides is 1. The molecule has 1 aromatic rings. The Bertz CT molecular complexity index is 1060. The molecule has 3 aliphatic rings. The van der Waals surface area contributed by atoms with E-state index in [1.165, 1.54) is 28.7 Å². The van der Waals surface area contributed by atoms with Crippen molar-refractivity contribution in [2.75, 3.05) is 0 Å². The van der Waals surface area contributed by atoms with Gasteiger partial charge in [-0.25, -0.2) is 4.79 Å². The molecule has 2 aliphatic carbocycles. The van der Waals surface area contributed by atoms with Crippen LogP contribution in [0.1, 0.15) is 104 Å². The highest BCUT2D eigenvalue weighted by Crippen LogP contribution is 2.37. The second-order valence-electron chi connectivity index (χ2n) is 12.5. The Morgan fingerprint density at radius 2 is 1.82 bits per heavy atom. The smallest absolute Gasteiger partial charge is 0.411 e. The molecule has 0 N–H and O–H groups in total. The number of benzene rings is 1. The molecule has 0 saturated carbocycles. The van der Waals surface area contributed by atoms with Gasteiger partial charge < -0.3 is 14.2 Å². The molecule has 214 valence electrons. The summed E-state index contributed by atoms with van der Waals surface area (Å²) in [5, 5.41) is 0. The molecule has 1 aliphatic heterocycles. The lowest BCUT2D eigenvalue weighted by atomic mass is 9.78. The molecule has 39 heavy (non-hydrogen) atoms. The fraction of sp³-hybridized carbons (Fsp3) is 0.618. The highest BCUT2D eigenvalue weighted by molar-refractivity contribution is 5.70. The Labute approximate surface area is 236 Å². The molecular formula is C34H49NO4. The van der Waals surface area contributed by atoms with Crippen LogP contribution in [0.2, 0.25) is 0 Å². The summed E-state index contributed by atoms with van der Waals surface area (Å²) in [6.07, 6.45) is 15.7. The van der Waals surface area contributed by atoms with Crippen LogP contribution in [-0.4, -0.2) is 41.3 Å². The Hall–Kier alpha value is -2.37. The van der Waals surface area contributed by atoms with Crippen molar-refractivity contribution in [2.45, 2.75) is 130 Å². The van der Waals surface area contributed by atoms with Crippen LogP contribution in [0.3, 0.4) is 0 Å². The second-order valence-corrected chi connectivity index (χ2v) is 12.5. The van der Waals surface area contributed by atoms with Crippen molar-refractivity contribution in [2.24, 2.45) is 5.92 Å². The van der Waals surface area contributed by atoms with Crippen molar-refractivity contribution in [3.05, 3.63) is 70.8 Å². The monoisotopic (exact) mass is 535 g/mol. The SMILES string of the molecule is CC[C@@H](C[C@@H](C)c1ccc(CCC2OC(C)O2)cc1)N(C(=O)OC(C)(C)C)[C@H](C)C1=C2C=CCCC2CC=C1. The molecule has 0 bridgehead atoms. The van der Waals surface area contributed by atoms with Gasteiger partial charge >= 0.3 is 6.09 Å². The lowest BCUT2D eigenvalue weighted by Gasteiger charge is -2.40. The normalized spacial score (nSPS) is 24.9. The first-order valence-corrected chi connectivity index (χ1v) is 15.0. The van der Waals surface area contributed by atoms with Gasteiger partial charge in [0.1, 0.15) is 5.60 Å². The molecular weight excluding hydrogens is 486 g/mol. The van der Waals surface area contributed by atoms with E-state index in [2.05, 4.69) is 69.3 Å². The van der Waals surface area contributed by atoms with Gasteiger partial charge in [0.25, 0.3) is 0 Å². The zero-order valence-electron chi connectivity index (χ0n) is 25.1. The van der Waals surface area contributed by atoms with Crippen molar-refractivity contribution in [3.63, 3.8) is 0 Å². The predicted octanol–water partition coefficient (Wildman–Crippen LogP) is 8.46. The molecule has 0 aromatic heterocycles. The summed E-state index contributed by atoms with van der Waals surface area (Å²) < 4.78 is 17.1. The summed E-state index contributed by atoms with van der Waals surface area (Å²) in [7, 11) is 0. The molecule has 0 spiro atoms. The van der Waals surface area contributed by atoms with E-state index in [0.717, 1.165) is 38.5 Å². The van der Waals surface area contributed by atoms with Crippen LogP contribution in [0.5, 0.6) is 0 Å². The maximum atomic E-state index is 13.8. The zero-order chi connectivity index (χ0) is 28.2. The molecule has 1 unspecified atom stereocenters. The quantitative estimate of drug-likeness (QED) is 0.301. The minimum absolute atomic E-state index is 0.0603. The van der Waals surface area contributed by atoms with Gasteiger partial charge in [-0.1, -0.05) is 62.4 Å². The summed E-state index contributed by atoms with van der Waals surface area (Å²) in [6.45, 7) is 14.4. The average molecular weight is 536 g/mol. The predicted molar refractivity (Wildman–Crippen MR) is 157 cm³/mol. The maximum absolute atomic E-state index is 13.8. The van der Waals surface area contributed by atoms with Crippen molar-refractivity contribution in [1.82, 2.24) is 4.90 Å². The second kappa shape index (κ2) is 12.9. The molecule has 5 nitrogen and oxygen atoms in total. The van der Waals surface area contributed by atoms with Gasteiger partial charge in [-0.2, -0.15) is 0 Å². The minimum Gasteiger partial charge on any atom is -0.444 e. The summed E-state index contributed by atoms with van der Waals surface area (Å²) in [6, 6.07) is 8.93. The third kappa shape index (κ3) is 7.64. The first kappa shape index (κ1) is 29.6. The number of ether oxygens (including phenoxy) is 3. The van der Waals surface area contributed by atoms with Gasteiger partial charge in [0.2, 0.25) is 0 Å². The lowest BCUT2D eigenvalue weighted by molar-refractivity contribution is -0.376. The van der Waals surface area contributed by atoms with Crippen LogP contribution in [0.25, 0.3) is 0 Å². The van der Waals surface area contributed by atoms with Crippen molar-refractivity contribution in [3.8, 4) is 0 Å². The number of carbonyl (C=O) groups is 1. The number of rotatable bonds is 10. The van der Waals surface area contributed by atoms with Gasteiger partial charge in [-0.3, -0.25) is 4.90 Å². The molecule has 4 rings (SSSR count). The highest BCUT2D eigenvalue weighted by atomic mass is 16.9. The molecule has 1 aromatic carbocycles. The number of fused-ring (bicyclic) bond motifs is 1. The molecule has 1 saturated heterocycles. The van der Waals surface area contributed by atoms with Crippen LogP contribution < -0.4 is 0 Å². The first-order valence-electron chi connectivity index (χ1n) is 15.0. The van der Waals surface area contributed by atoms with Gasteiger partial charge in [-0.05, 0) is 107 Å². The Balaban J connectivity index is 1.51. The van der Waals surface area contributed by atoms with Gasteiger partial charge in [0.05, 0.1) is 6.04 Å². The third-order valence-electron chi connectivity index (χ3n) is 8.34. The Kier molecular flexibility index (Phi) is 9.77. The fourth-order valence-corrected chi connectivity index (χ4v) is 6.19. The van der Waals surface area contributed by atoms with E-state index < -0.39 is 5.60 Å². The first-order chi connectivity index (χ1) is 18.6. The van der Waals surface area contributed by atoms with Crippen LogP contribution >= 0.6 is 0 Å². The molecule has 1 heterocycles. The van der Waals surface area contributed by atoms with E-state index in [0.29, 0.717) is 11.8 Å². The standard InChI is InChI=1S/C34H49NO4/c1-8-29(22-23(2)27-19-16-26(17-20-27)18-21-32-37-25(4)38-32)35(33(36)39-34(5,6)7)24(3)30-15-11-13-28-12-9-10-14-31(28)30/h10-11,14-17,19-20,23-25,28-29,32H,8-9,12-13,18,21-22H2,1-7H3/t23-,24-,25?,28?,29+,32?/m1/s1. The van der Waals surface area contributed by atoms with Crippen LogP contribution in [0, 0.1) is 5.92 Å². The van der Waals surface area contributed by atoms with Gasteiger partial charge in [0.15, 0.2) is 12.6 Å². The van der Waals surface area contributed by atoms with E-state index in [4.69, 9.17) is 14.2 Å². The number of nitrogens with zero attached hydrogens (tertiary/aromatic N) is 1. The molecule has 1 fully saturated rings. The van der Waals surface area contributed by atoms with Crippen molar-refractivity contribution < 1.29 is 19.0 Å². The van der Waals surface area contributed by atoms with Gasteiger partial charge in [0, 0.05) is 12.5 Å². The highest BCUT2D eigenvalue weighted by Gasteiger charge is 2.35.